The monoisotopic (exact) mass is 395 g/mol. The molecule has 136 valence electrons. The summed E-state index contributed by atoms with van der Waals surface area (Å²) in [6.45, 7) is 0.570. The molecule has 0 aliphatic rings. The van der Waals surface area contributed by atoms with Crippen LogP contribution in [0.25, 0.3) is 11.0 Å². The number of anilines is 1. The minimum Gasteiger partial charge on any atom is -0.330 e. The summed E-state index contributed by atoms with van der Waals surface area (Å²) in [5.41, 5.74) is 3.19. The predicted molar refractivity (Wildman–Crippen MR) is 109 cm³/mol. The first-order valence-electron chi connectivity index (χ1n) is 8.48. The molecule has 2 heterocycles. The van der Waals surface area contributed by atoms with Gasteiger partial charge >= 0.3 is 0 Å². The van der Waals surface area contributed by atoms with Crippen LogP contribution in [-0.4, -0.2) is 25.7 Å². The molecule has 0 atom stereocenters. The number of thioether (sulfide) groups is 1. The zero-order valence-electron chi connectivity index (χ0n) is 14.4. The lowest BCUT2D eigenvalue weighted by molar-refractivity contribution is -0.116. The minimum atomic E-state index is -0.0801. The van der Waals surface area contributed by atoms with Gasteiger partial charge in [0, 0.05) is 18.7 Å². The molecule has 0 bridgehead atoms. The number of fused-ring (bicyclic) bond motifs is 1. The van der Waals surface area contributed by atoms with Crippen LogP contribution >= 0.6 is 23.1 Å². The van der Waals surface area contributed by atoms with Gasteiger partial charge in [0.1, 0.15) is 0 Å². The molecule has 4 rings (SSSR count). The summed E-state index contributed by atoms with van der Waals surface area (Å²) in [5.74, 6) is 0.750. The molecule has 27 heavy (non-hydrogen) atoms. The van der Waals surface area contributed by atoms with E-state index in [9.17, 15) is 4.79 Å². The van der Waals surface area contributed by atoms with Gasteiger partial charge in [-0.15, -0.1) is 10.2 Å². The van der Waals surface area contributed by atoms with Crippen LogP contribution in [0.5, 0.6) is 0 Å². The van der Waals surface area contributed by atoms with Crippen molar-refractivity contribution in [1.29, 1.82) is 0 Å². The second kappa shape index (κ2) is 8.32. The van der Waals surface area contributed by atoms with Gasteiger partial charge in [-0.3, -0.25) is 4.79 Å². The summed E-state index contributed by atoms with van der Waals surface area (Å²) in [5, 5.41) is 11.6. The Bertz CT molecular complexity index is 1040. The lowest BCUT2D eigenvalue weighted by atomic mass is 10.2. The van der Waals surface area contributed by atoms with Crippen molar-refractivity contribution in [3.63, 3.8) is 0 Å². The summed E-state index contributed by atoms with van der Waals surface area (Å²) in [7, 11) is 0. The highest BCUT2D eigenvalue weighted by Gasteiger charge is 2.10. The summed E-state index contributed by atoms with van der Waals surface area (Å²) < 4.78 is 2.82. The topological polar surface area (TPSA) is 72.7 Å². The lowest BCUT2D eigenvalue weighted by Gasteiger charge is -2.04. The smallest absolute Gasteiger partial charge is 0.227 e. The maximum absolute atomic E-state index is 12.2. The van der Waals surface area contributed by atoms with Gasteiger partial charge in [-0.2, -0.15) is 0 Å². The van der Waals surface area contributed by atoms with Gasteiger partial charge in [-0.25, -0.2) is 4.98 Å². The summed E-state index contributed by atoms with van der Waals surface area (Å²) in [6, 6.07) is 18.1. The minimum absolute atomic E-state index is 0.0801. The Kier molecular flexibility index (Phi) is 5.45. The molecular formula is C19H17N5OS2. The van der Waals surface area contributed by atoms with E-state index >= 15 is 0 Å². The fourth-order valence-electron chi connectivity index (χ4n) is 2.63. The van der Waals surface area contributed by atoms with Crippen molar-refractivity contribution < 1.29 is 4.79 Å². The van der Waals surface area contributed by atoms with Crippen molar-refractivity contribution >= 4 is 45.2 Å². The van der Waals surface area contributed by atoms with E-state index in [0.29, 0.717) is 18.1 Å². The van der Waals surface area contributed by atoms with E-state index in [-0.39, 0.29) is 5.91 Å². The van der Waals surface area contributed by atoms with Gasteiger partial charge in [0.2, 0.25) is 11.0 Å². The van der Waals surface area contributed by atoms with Crippen molar-refractivity contribution in [1.82, 2.24) is 19.7 Å². The van der Waals surface area contributed by atoms with E-state index in [4.69, 9.17) is 0 Å². The van der Waals surface area contributed by atoms with Crippen LogP contribution in [0.15, 0.2) is 65.3 Å². The standard InChI is InChI=1S/C19H17N5OS2/c25-17(10-11-24-13-20-15-8-4-5-9-16(15)24)21-18-22-23-19(27-18)26-12-14-6-2-1-3-7-14/h1-9,13H,10-12H2,(H,21,22,25). The molecule has 1 amide bonds. The molecular weight excluding hydrogens is 378 g/mol. The number of rotatable bonds is 7. The van der Waals surface area contributed by atoms with Crippen molar-refractivity contribution in [2.45, 2.75) is 23.1 Å². The van der Waals surface area contributed by atoms with E-state index in [1.54, 1.807) is 18.1 Å². The normalized spacial score (nSPS) is 11.0. The van der Waals surface area contributed by atoms with Crippen LogP contribution in [0.1, 0.15) is 12.0 Å². The van der Waals surface area contributed by atoms with Crippen LogP contribution in [0.2, 0.25) is 0 Å². The zero-order valence-corrected chi connectivity index (χ0v) is 16.0. The quantitative estimate of drug-likeness (QED) is 0.375. The number of aromatic nitrogens is 4. The van der Waals surface area contributed by atoms with E-state index in [2.05, 4.69) is 32.6 Å². The number of carbonyl (C=O) groups excluding carboxylic acids is 1. The molecule has 1 N–H and O–H groups in total. The second-order valence-corrected chi connectivity index (χ2v) is 8.07. The third kappa shape index (κ3) is 4.53. The second-order valence-electron chi connectivity index (χ2n) is 5.87. The number of aryl methyl sites for hydroxylation is 1. The van der Waals surface area contributed by atoms with Crippen molar-refractivity contribution in [3.8, 4) is 0 Å². The Morgan fingerprint density at radius 2 is 1.89 bits per heavy atom. The molecule has 4 aromatic rings. The largest absolute Gasteiger partial charge is 0.330 e. The number of amides is 1. The third-order valence-corrected chi connectivity index (χ3v) is 6.01. The number of carbonyl (C=O) groups is 1. The molecule has 0 saturated carbocycles. The highest BCUT2D eigenvalue weighted by molar-refractivity contribution is 8.00. The molecule has 2 aromatic carbocycles. The van der Waals surface area contributed by atoms with Gasteiger partial charge in [0.15, 0.2) is 4.34 Å². The number of para-hydroxylation sites is 2. The van der Waals surface area contributed by atoms with Crippen molar-refractivity contribution in [3.05, 3.63) is 66.5 Å². The first-order valence-corrected chi connectivity index (χ1v) is 10.3. The molecule has 0 radical (unpaired) electrons. The summed E-state index contributed by atoms with van der Waals surface area (Å²) in [6.07, 6.45) is 2.12. The number of imidazole rings is 1. The first-order chi connectivity index (χ1) is 13.3. The Labute approximate surface area is 164 Å². The van der Waals surface area contributed by atoms with Gasteiger partial charge in [-0.05, 0) is 17.7 Å². The number of hydrogen-bond acceptors (Lipinski definition) is 6. The van der Waals surface area contributed by atoms with Crippen LogP contribution < -0.4 is 5.32 Å². The van der Waals surface area contributed by atoms with Gasteiger partial charge in [-0.1, -0.05) is 65.6 Å². The number of benzene rings is 2. The lowest BCUT2D eigenvalue weighted by Crippen LogP contribution is -2.14. The fourth-order valence-corrected chi connectivity index (χ4v) is 4.35. The molecule has 0 aliphatic heterocycles. The molecule has 0 spiro atoms. The summed E-state index contributed by atoms with van der Waals surface area (Å²) in [4.78, 5) is 16.6. The van der Waals surface area contributed by atoms with Gasteiger partial charge < -0.3 is 9.88 Å². The highest BCUT2D eigenvalue weighted by Crippen LogP contribution is 2.28. The molecule has 0 aliphatic carbocycles. The van der Waals surface area contributed by atoms with E-state index < -0.39 is 0 Å². The Morgan fingerprint density at radius 3 is 2.78 bits per heavy atom. The Balaban J connectivity index is 1.29. The van der Waals surface area contributed by atoms with Crippen molar-refractivity contribution in [2.75, 3.05) is 5.32 Å². The maximum atomic E-state index is 12.2. The van der Waals surface area contributed by atoms with E-state index in [1.165, 1.54) is 16.9 Å². The van der Waals surface area contributed by atoms with Crippen LogP contribution in [0, 0.1) is 0 Å². The van der Waals surface area contributed by atoms with Gasteiger partial charge in [0.25, 0.3) is 0 Å². The van der Waals surface area contributed by atoms with E-state index in [0.717, 1.165) is 21.1 Å². The van der Waals surface area contributed by atoms with Crippen LogP contribution in [0.3, 0.4) is 0 Å². The molecule has 0 unspecified atom stereocenters. The molecule has 0 fully saturated rings. The average Bonchev–Trinajstić information content (AvgIpc) is 3.32. The maximum Gasteiger partial charge on any atom is 0.227 e. The Hall–Kier alpha value is -2.71. The molecule has 6 nitrogen and oxygen atoms in total. The van der Waals surface area contributed by atoms with E-state index in [1.807, 2.05) is 47.0 Å². The van der Waals surface area contributed by atoms with Crippen LogP contribution in [0.4, 0.5) is 5.13 Å². The number of hydrogen-bond donors (Lipinski definition) is 1. The SMILES string of the molecule is O=C(CCn1cnc2ccccc21)Nc1nnc(SCc2ccccc2)s1. The average molecular weight is 396 g/mol. The number of nitrogens with zero attached hydrogens (tertiary/aromatic N) is 4. The molecule has 0 saturated heterocycles. The number of nitrogens with one attached hydrogen (secondary N) is 1. The molecule has 8 heteroatoms. The molecule has 2 aromatic heterocycles. The Morgan fingerprint density at radius 1 is 1.07 bits per heavy atom. The zero-order chi connectivity index (χ0) is 18.5. The first kappa shape index (κ1) is 17.7. The fraction of sp³-hybridized carbons (Fsp3) is 0.158. The third-order valence-electron chi connectivity index (χ3n) is 3.97. The highest BCUT2D eigenvalue weighted by atomic mass is 32.2. The predicted octanol–water partition coefficient (Wildman–Crippen LogP) is 4.21. The van der Waals surface area contributed by atoms with Crippen LogP contribution in [-0.2, 0) is 17.1 Å². The van der Waals surface area contributed by atoms with Crippen molar-refractivity contribution in [2.24, 2.45) is 0 Å². The van der Waals surface area contributed by atoms with Gasteiger partial charge in [0.05, 0.1) is 17.4 Å². The summed E-state index contributed by atoms with van der Waals surface area (Å²) >= 11 is 3.01.